The number of nitrogens with one attached hydrogen (secondary N) is 1. The van der Waals surface area contributed by atoms with Crippen LogP contribution in [0.25, 0.3) is 0 Å². The van der Waals surface area contributed by atoms with Gasteiger partial charge in [0.15, 0.2) is 12.1 Å². The fourth-order valence-electron chi connectivity index (χ4n) is 3.01. The highest BCUT2D eigenvalue weighted by Crippen LogP contribution is 2.32. The van der Waals surface area contributed by atoms with E-state index in [9.17, 15) is 9.59 Å². The number of alkyl carbamates (subject to hydrolysis) is 1. The maximum absolute atomic E-state index is 12.1. The van der Waals surface area contributed by atoms with Gasteiger partial charge in [0, 0.05) is 0 Å². The fourth-order valence-corrected chi connectivity index (χ4v) is 3.01. The van der Waals surface area contributed by atoms with Gasteiger partial charge in [-0.05, 0) is 25.3 Å². The number of ether oxygens (including phenoxy) is 3. The molecule has 6 heteroatoms. The predicted molar refractivity (Wildman–Crippen MR) is 81.8 cm³/mol. The Labute approximate surface area is 135 Å². The van der Waals surface area contributed by atoms with Gasteiger partial charge in [-0.2, -0.15) is 0 Å². The van der Waals surface area contributed by atoms with Gasteiger partial charge >= 0.3 is 6.09 Å². The molecule has 0 unspecified atom stereocenters. The maximum Gasteiger partial charge on any atom is 0.408 e. The summed E-state index contributed by atoms with van der Waals surface area (Å²) in [5, 5.41) is 2.66. The number of ketones is 1. The molecule has 23 heavy (non-hydrogen) atoms. The molecule has 1 amide bonds. The summed E-state index contributed by atoms with van der Waals surface area (Å²) in [5.41, 5.74) is 0.987. The molecule has 0 saturated carbocycles. The van der Waals surface area contributed by atoms with Crippen molar-refractivity contribution in [2.24, 2.45) is 5.92 Å². The largest absolute Gasteiger partial charge is 0.443 e. The van der Waals surface area contributed by atoms with Crippen LogP contribution in [0.3, 0.4) is 0 Å². The molecule has 4 atom stereocenters. The molecule has 1 N–H and O–H groups in total. The topological polar surface area (TPSA) is 73.9 Å². The highest BCUT2D eigenvalue weighted by Gasteiger charge is 2.44. The highest BCUT2D eigenvalue weighted by atomic mass is 16.7. The Hall–Kier alpha value is -1.92. The summed E-state index contributed by atoms with van der Waals surface area (Å²) in [6.45, 7) is 2.43. The smallest absolute Gasteiger partial charge is 0.408 e. The van der Waals surface area contributed by atoms with Gasteiger partial charge in [-0.25, -0.2) is 4.79 Å². The van der Waals surface area contributed by atoms with Crippen LogP contribution in [-0.2, 0) is 25.4 Å². The van der Waals surface area contributed by atoms with Crippen LogP contribution in [0.1, 0.15) is 18.9 Å². The molecule has 1 aromatic carbocycles. The van der Waals surface area contributed by atoms with Crippen molar-refractivity contribution in [3.63, 3.8) is 0 Å². The predicted octanol–water partition coefficient (Wildman–Crippen LogP) is 1.67. The van der Waals surface area contributed by atoms with Gasteiger partial charge in [0.25, 0.3) is 0 Å². The maximum atomic E-state index is 12.1. The molecule has 2 heterocycles. The van der Waals surface area contributed by atoms with Crippen LogP contribution in [-0.4, -0.2) is 43.5 Å². The minimum absolute atomic E-state index is 0.0886. The molecule has 2 fully saturated rings. The van der Waals surface area contributed by atoms with Crippen LogP contribution in [0.2, 0.25) is 0 Å². The third-order valence-corrected chi connectivity index (χ3v) is 4.31. The molecule has 6 nitrogen and oxygen atoms in total. The Balaban J connectivity index is 1.55. The second-order valence-corrected chi connectivity index (χ2v) is 5.97. The number of benzene rings is 1. The zero-order valence-corrected chi connectivity index (χ0v) is 13.1. The highest BCUT2D eigenvalue weighted by molar-refractivity contribution is 5.85. The molecule has 124 valence electrons. The molecule has 0 spiro atoms. The summed E-state index contributed by atoms with van der Waals surface area (Å²) in [5.74, 6) is -0.0128. The van der Waals surface area contributed by atoms with Crippen LogP contribution < -0.4 is 5.32 Å². The number of hydrogen-bond donors (Lipinski definition) is 1. The van der Waals surface area contributed by atoms with E-state index in [4.69, 9.17) is 14.2 Å². The van der Waals surface area contributed by atoms with Gasteiger partial charge in [0.2, 0.25) is 0 Å². The minimum atomic E-state index is -0.595. The Morgan fingerprint density at radius 3 is 2.83 bits per heavy atom. The molecule has 0 bridgehead atoms. The van der Waals surface area contributed by atoms with Crippen molar-refractivity contribution in [1.82, 2.24) is 5.32 Å². The number of Topliss-reactive ketones (excluding diaryl/α,β-unsaturated/α-hetero) is 1. The summed E-state index contributed by atoms with van der Waals surface area (Å²) in [6, 6.07) is 8.97. The van der Waals surface area contributed by atoms with Crippen molar-refractivity contribution in [3.8, 4) is 0 Å². The molecule has 2 aliphatic heterocycles. The molecule has 2 aliphatic rings. The van der Waals surface area contributed by atoms with Gasteiger partial charge in [-0.3, -0.25) is 4.79 Å². The van der Waals surface area contributed by atoms with E-state index < -0.39 is 12.1 Å². The van der Waals surface area contributed by atoms with E-state index in [0.29, 0.717) is 19.6 Å². The van der Waals surface area contributed by atoms with Crippen LogP contribution >= 0.6 is 0 Å². The molecule has 2 saturated heterocycles. The standard InChI is InChI=1S/C17H21NO5/c1-11(19)14(9-12-5-3-2-4-6-12)18-17(20)23-15-10-22-16-13(15)7-8-21-16/h2-6,13-16H,7-10H2,1H3,(H,18,20)/t13-,14-,15-,16+/m0/s1. The lowest BCUT2D eigenvalue weighted by molar-refractivity contribution is -0.118. The SMILES string of the molecule is CC(=O)[C@H](Cc1ccccc1)NC(=O)O[C@H]1CO[C@H]2OCC[C@H]21. The molecule has 3 rings (SSSR count). The van der Waals surface area contributed by atoms with Crippen molar-refractivity contribution in [1.29, 1.82) is 0 Å². The van der Waals surface area contributed by atoms with Crippen molar-refractivity contribution in [3.05, 3.63) is 35.9 Å². The van der Waals surface area contributed by atoms with Gasteiger partial charge in [0.1, 0.15) is 6.10 Å². The van der Waals surface area contributed by atoms with Gasteiger partial charge in [0.05, 0.1) is 25.2 Å². The molecular formula is C17H21NO5. The van der Waals surface area contributed by atoms with E-state index in [0.717, 1.165) is 12.0 Å². The number of rotatable bonds is 5. The molecule has 0 aromatic heterocycles. The van der Waals surface area contributed by atoms with E-state index >= 15 is 0 Å². The first kappa shape index (κ1) is 16.0. The van der Waals surface area contributed by atoms with E-state index in [2.05, 4.69) is 5.32 Å². The zero-order valence-electron chi connectivity index (χ0n) is 13.1. The number of hydrogen-bond acceptors (Lipinski definition) is 5. The third-order valence-electron chi connectivity index (χ3n) is 4.31. The number of amides is 1. The first-order valence-corrected chi connectivity index (χ1v) is 7.88. The fraction of sp³-hybridized carbons (Fsp3) is 0.529. The first-order chi connectivity index (χ1) is 11.1. The lowest BCUT2D eigenvalue weighted by Gasteiger charge is -2.20. The summed E-state index contributed by atoms with van der Waals surface area (Å²) < 4.78 is 16.3. The number of carbonyl (C=O) groups is 2. The van der Waals surface area contributed by atoms with Crippen LogP contribution in [0.5, 0.6) is 0 Å². The second-order valence-electron chi connectivity index (χ2n) is 5.97. The Morgan fingerprint density at radius 1 is 1.30 bits per heavy atom. The number of carbonyl (C=O) groups excluding carboxylic acids is 2. The zero-order chi connectivity index (χ0) is 16.2. The van der Waals surface area contributed by atoms with Gasteiger partial charge in [-0.15, -0.1) is 0 Å². The molecule has 1 aromatic rings. The van der Waals surface area contributed by atoms with Crippen LogP contribution in [0, 0.1) is 5.92 Å². The Morgan fingerprint density at radius 2 is 2.09 bits per heavy atom. The molecule has 0 radical (unpaired) electrons. The molecular weight excluding hydrogens is 298 g/mol. The Kier molecular flexibility index (Phi) is 4.93. The lowest BCUT2D eigenvalue weighted by Crippen LogP contribution is -2.43. The van der Waals surface area contributed by atoms with E-state index in [-0.39, 0.29) is 24.1 Å². The van der Waals surface area contributed by atoms with Gasteiger partial charge < -0.3 is 19.5 Å². The van der Waals surface area contributed by atoms with Crippen molar-refractivity contribution < 1.29 is 23.8 Å². The van der Waals surface area contributed by atoms with Crippen LogP contribution in [0.4, 0.5) is 4.79 Å². The second kappa shape index (κ2) is 7.10. The average Bonchev–Trinajstić information content (AvgIpc) is 3.13. The minimum Gasteiger partial charge on any atom is -0.443 e. The summed E-state index contributed by atoms with van der Waals surface area (Å²) in [4.78, 5) is 23.9. The number of fused-ring (bicyclic) bond motifs is 1. The van der Waals surface area contributed by atoms with E-state index in [1.54, 1.807) is 0 Å². The average molecular weight is 319 g/mol. The summed E-state index contributed by atoms with van der Waals surface area (Å²) in [6.07, 6.45) is 0.111. The third kappa shape index (κ3) is 3.89. The van der Waals surface area contributed by atoms with Crippen molar-refractivity contribution in [2.45, 2.75) is 38.2 Å². The molecule has 0 aliphatic carbocycles. The summed E-state index contributed by atoms with van der Waals surface area (Å²) in [7, 11) is 0. The van der Waals surface area contributed by atoms with E-state index in [1.807, 2.05) is 30.3 Å². The normalized spacial score (nSPS) is 27.3. The van der Waals surface area contributed by atoms with E-state index in [1.165, 1.54) is 6.92 Å². The van der Waals surface area contributed by atoms with Gasteiger partial charge in [-0.1, -0.05) is 30.3 Å². The van der Waals surface area contributed by atoms with Crippen molar-refractivity contribution >= 4 is 11.9 Å². The monoisotopic (exact) mass is 319 g/mol. The summed E-state index contributed by atoms with van der Waals surface area (Å²) >= 11 is 0. The Bertz CT molecular complexity index is 561. The van der Waals surface area contributed by atoms with Crippen LogP contribution in [0.15, 0.2) is 30.3 Å². The quantitative estimate of drug-likeness (QED) is 0.894. The first-order valence-electron chi connectivity index (χ1n) is 7.88. The van der Waals surface area contributed by atoms with Crippen molar-refractivity contribution in [2.75, 3.05) is 13.2 Å². The lowest BCUT2D eigenvalue weighted by atomic mass is 10.0.